The molecule has 0 amide bonds. The lowest BCUT2D eigenvalue weighted by molar-refractivity contribution is 0.166. The van der Waals surface area contributed by atoms with E-state index in [1.165, 1.54) is 37.9 Å². The van der Waals surface area contributed by atoms with Crippen molar-refractivity contribution < 1.29 is 0 Å². The van der Waals surface area contributed by atoms with Crippen molar-refractivity contribution in [1.82, 2.24) is 9.88 Å². The Morgan fingerprint density at radius 2 is 2.05 bits per heavy atom. The van der Waals surface area contributed by atoms with Crippen LogP contribution in [0.2, 0.25) is 0 Å². The molecule has 0 radical (unpaired) electrons. The van der Waals surface area contributed by atoms with E-state index in [0.29, 0.717) is 5.92 Å². The Hall–Kier alpha value is -1.09. The summed E-state index contributed by atoms with van der Waals surface area (Å²) in [6.45, 7) is 6.77. The molecule has 2 rings (SSSR count). The summed E-state index contributed by atoms with van der Waals surface area (Å²) in [5.74, 6) is 1.68. The van der Waals surface area contributed by atoms with E-state index in [-0.39, 0.29) is 0 Å². The number of anilines is 1. The summed E-state index contributed by atoms with van der Waals surface area (Å²) < 4.78 is 0. The molecule has 3 heteroatoms. The van der Waals surface area contributed by atoms with Crippen LogP contribution in [0.15, 0.2) is 18.2 Å². The van der Waals surface area contributed by atoms with Crippen molar-refractivity contribution in [3.8, 4) is 0 Å². The molecule has 19 heavy (non-hydrogen) atoms. The molecule has 106 valence electrons. The van der Waals surface area contributed by atoms with Crippen LogP contribution in [0.5, 0.6) is 0 Å². The van der Waals surface area contributed by atoms with Crippen LogP contribution in [0.1, 0.15) is 45.2 Å². The van der Waals surface area contributed by atoms with Crippen molar-refractivity contribution in [3.05, 3.63) is 23.9 Å². The molecule has 1 aliphatic rings. The Labute approximate surface area is 117 Å². The maximum absolute atomic E-state index is 4.66. The molecule has 1 aromatic heterocycles. The summed E-state index contributed by atoms with van der Waals surface area (Å²) in [6, 6.07) is 7.02. The zero-order valence-corrected chi connectivity index (χ0v) is 12.5. The van der Waals surface area contributed by atoms with Gasteiger partial charge in [-0.2, -0.15) is 0 Å². The Kier molecular flexibility index (Phi) is 5.20. The van der Waals surface area contributed by atoms with E-state index in [4.69, 9.17) is 0 Å². The van der Waals surface area contributed by atoms with E-state index < -0.39 is 0 Å². The lowest BCUT2D eigenvalue weighted by Gasteiger charge is -2.30. The second-order valence-electron chi connectivity index (χ2n) is 6.03. The van der Waals surface area contributed by atoms with E-state index in [1.54, 1.807) is 0 Å². The fraction of sp³-hybridized carbons (Fsp3) is 0.688. The third kappa shape index (κ3) is 4.20. The normalized spacial score (nSPS) is 16.5. The first-order chi connectivity index (χ1) is 9.19. The largest absolute Gasteiger partial charge is 0.373 e. The van der Waals surface area contributed by atoms with Gasteiger partial charge in [-0.1, -0.05) is 32.8 Å². The van der Waals surface area contributed by atoms with Crippen LogP contribution in [0, 0.1) is 5.92 Å². The highest BCUT2D eigenvalue weighted by Crippen LogP contribution is 2.25. The van der Waals surface area contributed by atoms with Crippen molar-refractivity contribution in [1.29, 1.82) is 0 Å². The molecular formula is C16H27N3. The average molecular weight is 261 g/mol. The molecule has 0 spiro atoms. The summed E-state index contributed by atoms with van der Waals surface area (Å²) in [6.07, 6.45) is 5.50. The molecular weight excluding hydrogens is 234 g/mol. The van der Waals surface area contributed by atoms with E-state index >= 15 is 0 Å². The van der Waals surface area contributed by atoms with Gasteiger partial charge in [-0.25, -0.2) is 4.98 Å². The fourth-order valence-corrected chi connectivity index (χ4v) is 3.00. The van der Waals surface area contributed by atoms with Crippen molar-refractivity contribution >= 4 is 5.82 Å². The van der Waals surface area contributed by atoms with Crippen LogP contribution in [-0.2, 0) is 6.54 Å². The topological polar surface area (TPSA) is 28.2 Å². The van der Waals surface area contributed by atoms with Gasteiger partial charge in [0.25, 0.3) is 0 Å². The number of aromatic nitrogens is 1. The highest BCUT2D eigenvalue weighted by Gasteiger charge is 2.23. The maximum Gasteiger partial charge on any atom is 0.126 e. The summed E-state index contributed by atoms with van der Waals surface area (Å²) >= 11 is 0. The molecule has 1 fully saturated rings. The molecule has 0 aromatic carbocycles. The van der Waals surface area contributed by atoms with Crippen LogP contribution >= 0.6 is 0 Å². The summed E-state index contributed by atoms with van der Waals surface area (Å²) in [5.41, 5.74) is 1.18. The van der Waals surface area contributed by atoms with Crippen LogP contribution < -0.4 is 5.32 Å². The highest BCUT2D eigenvalue weighted by molar-refractivity contribution is 5.34. The Morgan fingerprint density at radius 1 is 1.32 bits per heavy atom. The SMILES string of the molecule is CNc1cccc(CN(CC(C)C)C2CCCC2)n1. The first-order valence-corrected chi connectivity index (χ1v) is 7.56. The third-order valence-electron chi connectivity index (χ3n) is 3.87. The molecule has 1 saturated carbocycles. The Bertz CT molecular complexity index is 383. The molecule has 1 aliphatic carbocycles. The molecule has 0 atom stereocenters. The standard InChI is InChI=1S/C16H27N3/c1-13(2)11-19(15-8-4-5-9-15)12-14-7-6-10-16(17-3)18-14/h6-7,10,13,15H,4-5,8-9,11-12H2,1-3H3,(H,17,18). The van der Waals surface area contributed by atoms with Gasteiger partial charge in [0.15, 0.2) is 0 Å². The van der Waals surface area contributed by atoms with E-state index in [0.717, 1.165) is 18.4 Å². The van der Waals surface area contributed by atoms with Crippen LogP contribution in [-0.4, -0.2) is 29.5 Å². The van der Waals surface area contributed by atoms with Crippen LogP contribution in [0.25, 0.3) is 0 Å². The smallest absolute Gasteiger partial charge is 0.126 e. The van der Waals surface area contributed by atoms with Crippen molar-refractivity contribution in [2.45, 2.75) is 52.1 Å². The van der Waals surface area contributed by atoms with Gasteiger partial charge in [0, 0.05) is 26.2 Å². The molecule has 3 nitrogen and oxygen atoms in total. The number of nitrogens with one attached hydrogen (secondary N) is 1. The summed E-state index contributed by atoms with van der Waals surface area (Å²) in [4.78, 5) is 7.30. The Morgan fingerprint density at radius 3 is 2.68 bits per heavy atom. The molecule has 0 unspecified atom stereocenters. The van der Waals surface area contributed by atoms with Crippen molar-refractivity contribution in [2.24, 2.45) is 5.92 Å². The van der Waals surface area contributed by atoms with Gasteiger partial charge in [0.1, 0.15) is 5.82 Å². The number of rotatable bonds is 6. The van der Waals surface area contributed by atoms with Gasteiger partial charge in [-0.05, 0) is 30.9 Å². The minimum absolute atomic E-state index is 0.716. The first-order valence-electron chi connectivity index (χ1n) is 7.56. The average Bonchev–Trinajstić information content (AvgIpc) is 2.91. The summed E-state index contributed by atoms with van der Waals surface area (Å²) in [7, 11) is 1.93. The first kappa shape index (κ1) is 14.3. The number of pyridine rings is 1. The lowest BCUT2D eigenvalue weighted by atomic mass is 10.1. The minimum Gasteiger partial charge on any atom is -0.373 e. The maximum atomic E-state index is 4.66. The fourth-order valence-electron chi connectivity index (χ4n) is 3.00. The second kappa shape index (κ2) is 6.90. The molecule has 1 aromatic rings. The van der Waals surface area contributed by atoms with Gasteiger partial charge in [-0.3, -0.25) is 4.90 Å². The van der Waals surface area contributed by atoms with E-state index in [9.17, 15) is 0 Å². The Balaban J connectivity index is 2.05. The van der Waals surface area contributed by atoms with E-state index in [1.807, 2.05) is 13.1 Å². The number of hydrogen-bond donors (Lipinski definition) is 1. The quantitative estimate of drug-likeness (QED) is 0.849. The summed E-state index contributed by atoms with van der Waals surface area (Å²) in [5, 5.41) is 3.12. The lowest BCUT2D eigenvalue weighted by Crippen LogP contribution is -2.36. The van der Waals surface area contributed by atoms with Gasteiger partial charge < -0.3 is 5.32 Å². The van der Waals surface area contributed by atoms with Gasteiger partial charge in [-0.15, -0.1) is 0 Å². The number of nitrogens with zero attached hydrogens (tertiary/aromatic N) is 2. The molecule has 1 heterocycles. The zero-order chi connectivity index (χ0) is 13.7. The monoisotopic (exact) mass is 261 g/mol. The predicted octanol–water partition coefficient (Wildman–Crippen LogP) is 3.52. The van der Waals surface area contributed by atoms with Gasteiger partial charge in [0.05, 0.1) is 5.69 Å². The molecule has 0 saturated heterocycles. The highest BCUT2D eigenvalue weighted by atomic mass is 15.2. The third-order valence-corrected chi connectivity index (χ3v) is 3.87. The molecule has 0 aliphatic heterocycles. The second-order valence-corrected chi connectivity index (χ2v) is 6.03. The number of hydrogen-bond acceptors (Lipinski definition) is 3. The van der Waals surface area contributed by atoms with Crippen LogP contribution in [0.3, 0.4) is 0 Å². The predicted molar refractivity (Wildman–Crippen MR) is 81.3 cm³/mol. The van der Waals surface area contributed by atoms with Gasteiger partial charge >= 0.3 is 0 Å². The molecule has 1 N–H and O–H groups in total. The van der Waals surface area contributed by atoms with Gasteiger partial charge in [0.2, 0.25) is 0 Å². The molecule has 0 bridgehead atoms. The minimum atomic E-state index is 0.716. The van der Waals surface area contributed by atoms with Crippen molar-refractivity contribution in [3.63, 3.8) is 0 Å². The zero-order valence-electron chi connectivity index (χ0n) is 12.5. The van der Waals surface area contributed by atoms with E-state index in [2.05, 4.69) is 41.2 Å². The van der Waals surface area contributed by atoms with Crippen LogP contribution in [0.4, 0.5) is 5.82 Å². The van der Waals surface area contributed by atoms with Crippen molar-refractivity contribution in [2.75, 3.05) is 18.9 Å².